The topological polar surface area (TPSA) is 67.5 Å². The van der Waals surface area contributed by atoms with Crippen molar-refractivity contribution < 1.29 is 14.3 Å². The van der Waals surface area contributed by atoms with Gasteiger partial charge in [0.05, 0.1) is 10.9 Å². The van der Waals surface area contributed by atoms with E-state index in [9.17, 15) is 9.59 Å². The molecule has 4 heteroatoms. The van der Waals surface area contributed by atoms with Gasteiger partial charge in [0.2, 0.25) is 0 Å². The molecule has 2 aromatic carbocycles. The van der Waals surface area contributed by atoms with E-state index >= 15 is 0 Å². The summed E-state index contributed by atoms with van der Waals surface area (Å²) in [5.41, 5.74) is 4.18. The van der Waals surface area contributed by atoms with Gasteiger partial charge in [0.25, 0.3) is 0 Å². The molecule has 0 saturated carbocycles. The highest BCUT2D eigenvalue weighted by molar-refractivity contribution is 5.93. The number of rotatable bonds is 4. The standard InChI is InChI=1S/C22H20O4/c1-4-17-19(9-7-15-11-13(2)5-6-14(15)3)26-20-10-8-16(22(24)25)12-18(20)21(17)23/h5-12H,4H2,1-3H3,(H,24,25)/b9-7+. The SMILES string of the molecule is CCc1c(/C=C/c2cc(C)ccc2C)oc2ccc(C(=O)O)cc2c1=O. The van der Waals surface area contributed by atoms with Crippen LogP contribution in [0.5, 0.6) is 0 Å². The van der Waals surface area contributed by atoms with Crippen molar-refractivity contribution in [3.63, 3.8) is 0 Å². The predicted octanol–water partition coefficient (Wildman–Crippen LogP) is 4.84. The minimum Gasteiger partial charge on any atom is -0.478 e. The lowest BCUT2D eigenvalue weighted by molar-refractivity contribution is 0.0697. The van der Waals surface area contributed by atoms with Crippen molar-refractivity contribution in [1.29, 1.82) is 0 Å². The number of carboxylic acids is 1. The summed E-state index contributed by atoms with van der Waals surface area (Å²) in [5.74, 6) is -0.558. The summed E-state index contributed by atoms with van der Waals surface area (Å²) >= 11 is 0. The van der Waals surface area contributed by atoms with Gasteiger partial charge < -0.3 is 9.52 Å². The molecule has 0 aliphatic heterocycles. The molecule has 0 aliphatic carbocycles. The molecule has 1 aromatic heterocycles. The van der Waals surface area contributed by atoms with Gasteiger partial charge in [0, 0.05) is 5.56 Å². The smallest absolute Gasteiger partial charge is 0.335 e. The summed E-state index contributed by atoms with van der Waals surface area (Å²) < 4.78 is 5.91. The van der Waals surface area contributed by atoms with E-state index < -0.39 is 5.97 Å². The quantitative estimate of drug-likeness (QED) is 0.732. The van der Waals surface area contributed by atoms with Crippen molar-refractivity contribution in [2.75, 3.05) is 0 Å². The van der Waals surface area contributed by atoms with Gasteiger partial charge in [0.15, 0.2) is 5.43 Å². The summed E-state index contributed by atoms with van der Waals surface area (Å²) in [5, 5.41) is 9.43. The van der Waals surface area contributed by atoms with Crippen LogP contribution in [-0.4, -0.2) is 11.1 Å². The van der Waals surface area contributed by atoms with Gasteiger partial charge >= 0.3 is 5.97 Å². The number of aryl methyl sites for hydroxylation is 2. The molecular formula is C22H20O4. The van der Waals surface area contributed by atoms with Crippen LogP contribution < -0.4 is 5.43 Å². The minimum atomic E-state index is -1.07. The Kier molecular flexibility index (Phi) is 4.76. The van der Waals surface area contributed by atoms with E-state index in [4.69, 9.17) is 9.52 Å². The zero-order valence-corrected chi connectivity index (χ0v) is 15.0. The molecule has 4 nitrogen and oxygen atoms in total. The van der Waals surface area contributed by atoms with Crippen molar-refractivity contribution >= 4 is 29.1 Å². The fourth-order valence-corrected chi connectivity index (χ4v) is 2.96. The van der Waals surface area contributed by atoms with Crippen LogP contribution in [0.15, 0.2) is 45.6 Å². The van der Waals surface area contributed by atoms with Crippen LogP contribution in [0.2, 0.25) is 0 Å². The normalized spacial score (nSPS) is 11.3. The van der Waals surface area contributed by atoms with E-state index in [-0.39, 0.29) is 11.0 Å². The lowest BCUT2D eigenvalue weighted by Gasteiger charge is -2.07. The maximum absolute atomic E-state index is 12.8. The largest absolute Gasteiger partial charge is 0.478 e. The third-order valence-corrected chi connectivity index (χ3v) is 4.47. The molecular weight excluding hydrogens is 328 g/mol. The molecule has 0 unspecified atom stereocenters. The van der Waals surface area contributed by atoms with Crippen molar-refractivity contribution in [3.8, 4) is 0 Å². The van der Waals surface area contributed by atoms with Crippen LogP contribution in [0, 0.1) is 13.8 Å². The third kappa shape index (κ3) is 3.31. The Morgan fingerprint density at radius 3 is 2.58 bits per heavy atom. The van der Waals surface area contributed by atoms with E-state index in [2.05, 4.69) is 18.2 Å². The third-order valence-electron chi connectivity index (χ3n) is 4.47. The Bertz CT molecular complexity index is 1090. The molecule has 1 N–H and O–H groups in total. The van der Waals surface area contributed by atoms with Crippen LogP contribution in [0.25, 0.3) is 23.1 Å². The molecule has 0 aliphatic rings. The lowest BCUT2D eigenvalue weighted by Crippen LogP contribution is -2.11. The van der Waals surface area contributed by atoms with Crippen molar-refractivity contribution in [2.45, 2.75) is 27.2 Å². The van der Waals surface area contributed by atoms with Crippen LogP contribution in [-0.2, 0) is 6.42 Å². The Hall–Kier alpha value is -3.14. The highest BCUT2D eigenvalue weighted by Gasteiger charge is 2.13. The molecule has 132 valence electrons. The first-order valence-electron chi connectivity index (χ1n) is 8.49. The average Bonchev–Trinajstić information content (AvgIpc) is 2.62. The van der Waals surface area contributed by atoms with Crippen molar-refractivity contribution in [2.24, 2.45) is 0 Å². The molecule has 3 aromatic rings. The van der Waals surface area contributed by atoms with Crippen LogP contribution >= 0.6 is 0 Å². The fraction of sp³-hybridized carbons (Fsp3) is 0.182. The van der Waals surface area contributed by atoms with E-state index in [0.717, 1.165) is 16.7 Å². The first-order valence-corrected chi connectivity index (χ1v) is 8.49. The zero-order valence-electron chi connectivity index (χ0n) is 15.0. The number of hydrogen-bond donors (Lipinski definition) is 1. The van der Waals surface area contributed by atoms with E-state index in [1.54, 1.807) is 0 Å². The number of aromatic carboxylic acids is 1. The molecule has 0 radical (unpaired) electrons. The second kappa shape index (κ2) is 7.00. The molecule has 3 rings (SSSR count). The summed E-state index contributed by atoms with van der Waals surface area (Å²) in [4.78, 5) is 24.0. The molecule has 0 amide bonds. The van der Waals surface area contributed by atoms with Crippen LogP contribution in [0.3, 0.4) is 0 Å². The molecule has 0 spiro atoms. The van der Waals surface area contributed by atoms with E-state index in [1.807, 2.05) is 32.9 Å². The first kappa shape index (κ1) is 17.7. The Balaban J connectivity index is 2.15. The van der Waals surface area contributed by atoms with Crippen molar-refractivity contribution in [1.82, 2.24) is 0 Å². The second-order valence-electron chi connectivity index (χ2n) is 6.34. The van der Waals surface area contributed by atoms with Gasteiger partial charge in [-0.2, -0.15) is 0 Å². The van der Waals surface area contributed by atoms with Crippen molar-refractivity contribution in [3.05, 3.63) is 80.2 Å². The number of fused-ring (bicyclic) bond motifs is 1. The lowest BCUT2D eigenvalue weighted by atomic mass is 10.0. The van der Waals surface area contributed by atoms with E-state index in [0.29, 0.717) is 28.7 Å². The van der Waals surface area contributed by atoms with Gasteiger partial charge in [0.1, 0.15) is 11.3 Å². The Morgan fingerprint density at radius 1 is 1.12 bits per heavy atom. The molecule has 0 saturated heterocycles. The number of carbonyl (C=O) groups is 1. The predicted molar refractivity (Wildman–Crippen MR) is 104 cm³/mol. The summed E-state index contributed by atoms with van der Waals surface area (Å²) in [6.07, 6.45) is 4.26. The number of carboxylic acid groups (broad SMARTS) is 1. The van der Waals surface area contributed by atoms with Gasteiger partial charge in [-0.15, -0.1) is 0 Å². The zero-order chi connectivity index (χ0) is 18.8. The molecule has 0 fully saturated rings. The molecule has 0 atom stereocenters. The molecule has 1 heterocycles. The maximum Gasteiger partial charge on any atom is 0.335 e. The van der Waals surface area contributed by atoms with Gasteiger partial charge in [-0.3, -0.25) is 4.79 Å². The highest BCUT2D eigenvalue weighted by Crippen LogP contribution is 2.21. The Morgan fingerprint density at radius 2 is 1.88 bits per heavy atom. The molecule has 26 heavy (non-hydrogen) atoms. The van der Waals surface area contributed by atoms with Crippen LogP contribution in [0.4, 0.5) is 0 Å². The second-order valence-corrected chi connectivity index (χ2v) is 6.34. The minimum absolute atomic E-state index is 0.0746. The number of benzene rings is 2. The summed E-state index contributed by atoms with van der Waals surface area (Å²) in [6, 6.07) is 10.5. The highest BCUT2D eigenvalue weighted by atomic mass is 16.4. The average molecular weight is 348 g/mol. The number of hydrogen-bond acceptors (Lipinski definition) is 3. The maximum atomic E-state index is 12.8. The fourth-order valence-electron chi connectivity index (χ4n) is 2.96. The Labute approximate surface area is 151 Å². The summed E-state index contributed by atoms with van der Waals surface area (Å²) in [7, 11) is 0. The molecule has 0 bridgehead atoms. The van der Waals surface area contributed by atoms with Gasteiger partial charge in [-0.1, -0.05) is 36.8 Å². The summed E-state index contributed by atoms with van der Waals surface area (Å²) in [6.45, 7) is 5.95. The monoisotopic (exact) mass is 348 g/mol. The van der Waals surface area contributed by atoms with Gasteiger partial charge in [-0.05, 0) is 55.7 Å². The van der Waals surface area contributed by atoms with Crippen LogP contribution in [0.1, 0.15) is 45.3 Å². The van der Waals surface area contributed by atoms with Gasteiger partial charge in [-0.25, -0.2) is 4.79 Å². The van der Waals surface area contributed by atoms with E-state index in [1.165, 1.54) is 18.2 Å². The first-order chi connectivity index (χ1) is 12.4.